The Morgan fingerprint density at radius 3 is 2.48 bits per heavy atom. The van der Waals surface area contributed by atoms with Gasteiger partial charge in [0.25, 0.3) is 5.91 Å². The molecular weight excluding hydrogens is 413 g/mol. The number of nitrogens with zero attached hydrogens (tertiary/aromatic N) is 4. The minimum absolute atomic E-state index is 0.188. The summed E-state index contributed by atoms with van der Waals surface area (Å²) >= 11 is 0. The number of amides is 2. The average Bonchev–Trinajstić information content (AvgIpc) is 3.35. The molecule has 2 aromatic carbocycles. The Balaban J connectivity index is 1.69. The van der Waals surface area contributed by atoms with E-state index in [1.54, 1.807) is 44.4 Å². The van der Waals surface area contributed by atoms with Crippen molar-refractivity contribution in [3.05, 3.63) is 71.1 Å². The number of likely N-dealkylation sites (N-methyl/N-ethyl adjacent to an activating group) is 1. The van der Waals surface area contributed by atoms with Gasteiger partial charge in [-0.3, -0.25) is 9.59 Å². The standard InChI is InChI=1S/C21H17F3N4O3/c1-27(2)19(30)16(12-6-4-3-5-7-12)28-11-14-9-8-13(10-15(14)18(28)29)17-25-20(31-26-17)21(22,23)24/h3-10,16H,11H2,1-2H3. The lowest BCUT2D eigenvalue weighted by Crippen LogP contribution is -2.40. The maximum Gasteiger partial charge on any atom is 0.471 e. The first-order chi connectivity index (χ1) is 14.7. The summed E-state index contributed by atoms with van der Waals surface area (Å²) in [7, 11) is 3.22. The zero-order chi connectivity index (χ0) is 22.3. The van der Waals surface area contributed by atoms with Gasteiger partial charge < -0.3 is 14.3 Å². The monoisotopic (exact) mass is 430 g/mol. The number of hydrogen-bond donors (Lipinski definition) is 0. The molecule has 0 N–H and O–H groups in total. The Bertz CT molecular complexity index is 1140. The molecule has 1 aromatic heterocycles. The molecule has 0 spiro atoms. The van der Waals surface area contributed by atoms with Crippen LogP contribution < -0.4 is 0 Å². The van der Waals surface area contributed by atoms with E-state index in [0.717, 1.165) is 0 Å². The first kappa shape index (κ1) is 20.6. The van der Waals surface area contributed by atoms with Crippen LogP contribution >= 0.6 is 0 Å². The topological polar surface area (TPSA) is 79.5 Å². The van der Waals surface area contributed by atoms with E-state index in [1.807, 2.05) is 6.07 Å². The molecule has 2 heterocycles. The van der Waals surface area contributed by atoms with Crippen LogP contribution in [0.15, 0.2) is 53.1 Å². The molecule has 4 rings (SSSR count). The lowest BCUT2D eigenvalue weighted by atomic mass is 10.0. The molecule has 1 aliphatic rings. The molecule has 31 heavy (non-hydrogen) atoms. The molecule has 7 nitrogen and oxygen atoms in total. The summed E-state index contributed by atoms with van der Waals surface area (Å²) in [5.74, 6) is -2.40. The maximum atomic E-state index is 13.2. The normalized spacial score (nSPS) is 14.5. The van der Waals surface area contributed by atoms with Crippen molar-refractivity contribution in [1.82, 2.24) is 19.9 Å². The number of carbonyl (C=O) groups is 2. The Morgan fingerprint density at radius 1 is 1.16 bits per heavy atom. The third-order valence-electron chi connectivity index (χ3n) is 4.97. The summed E-state index contributed by atoms with van der Waals surface area (Å²) in [4.78, 5) is 32.3. The number of alkyl halides is 3. The van der Waals surface area contributed by atoms with E-state index in [-0.39, 0.29) is 29.4 Å². The predicted molar refractivity (Wildman–Crippen MR) is 102 cm³/mol. The maximum absolute atomic E-state index is 13.2. The van der Waals surface area contributed by atoms with Crippen LogP contribution in [0.5, 0.6) is 0 Å². The van der Waals surface area contributed by atoms with Gasteiger partial charge in [-0.05, 0) is 17.2 Å². The highest BCUT2D eigenvalue weighted by atomic mass is 19.4. The smallest absolute Gasteiger partial charge is 0.347 e. The third kappa shape index (κ3) is 3.76. The average molecular weight is 430 g/mol. The molecule has 3 aromatic rings. The molecule has 1 unspecified atom stereocenters. The first-order valence-electron chi connectivity index (χ1n) is 9.28. The summed E-state index contributed by atoms with van der Waals surface area (Å²) in [5.41, 5.74) is 1.81. The van der Waals surface area contributed by atoms with Crippen LogP contribution in [0.1, 0.15) is 33.4 Å². The highest BCUT2D eigenvalue weighted by Gasteiger charge is 2.40. The minimum atomic E-state index is -4.76. The van der Waals surface area contributed by atoms with Crippen LogP contribution in [0, 0.1) is 0 Å². The number of rotatable bonds is 4. The van der Waals surface area contributed by atoms with Crippen LogP contribution in [0.25, 0.3) is 11.4 Å². The van der Waals surface area contributed by atoms with Crippen molar-refractivity contribution in [3.63, 3.8) is 0 Å². The Labute approximate surface area is 175 Å². The van der Waals surface area contributed by atoms with E-state index in [0.29, 0.717) is 11.1 Å². The van der Waals surface area contributed by atoms with E-state index < -0.39 is 24.0 Å². The molecular formula is C21H17F3N4O3. The zero-order valence-corrected chi connectivity index (χ0v) is 16.6. The second-order valence-electron chi connectivity index (χ2n) is 7.27. The van der Waals surface area contributed by atoms with Crippen LogP contribution in [0.3, 0.4) is 0 Å². The molecule has 1 aliphatic heterocycles. The highest BCUT2D eigenvalue weighted by molar-refractivity contribution is 6.02. The number of carbonyl (C=O) groups excluding carboxylic acids is 2. The molecule has 0 fully saturated rings. The molecule has 10 heteroatoms. The highest BCUT2D eigenvalue weighted by Crippen LogP contribution is 2.35. The van der Waals surface area contributed by atoms with Gasteiger partial charge in [-0.15, -0.1) is 0 Å². The van der Waals surface area contributed by atoms with Crippen molar-refractivity contribution in [2.24, 2.45) is 0 Å². The van der Waals surface area contributed by atoms with E-state index >= 15 is 0 Å². The fraction of sp³-hybridized carbons (Fsp3) is 0.238. The SMILES string of the molecule is CN(C)C(=O)C(c1ccccc1)N1Cc2ccc(-c3noc(C(F)(F)F)n3)cc2C1=O. The summed E-state index contributed by atoms with van der Waals surface area (Å²) in [6, 6.07) is 12.6. The minimum Gasteiger partial charge on any atom is -0.347 e. The van der Waals surface area contributed by atoms with Crippen molar-refractivity contribution in [2.45, 2.75) is 18.8 Å². The molecule has 1 atom stereocenters. The first-order valence-corrected chi connectivity index (χ1v) is 9.28. The van der Waals surface area contributed by atoms with Gasteiger partial charge in [0.05, 0.1) is 0 Å². The summed E-state index contributed by atoms with van der Waals surface area (Å²) in [5, 5.41) is 3.36. The van der Waals surface area contributed by atoms with Gasteiger partial charge in [0.1, 0.15) is 6.04 Å². The van der Waals surface area contributed by atoms with Crippen LogP contribution in [0.4, 0.5) is 13.2 Å². The van der Waals surface area contributed by atoms with Crippen molar-refractivity contribution >= 4 is 11.8 Å². The molecule has 0 bridgehead atoms. The number of hydrogen-bond acceptors (Lipinski definition) is 5. The number of fused-ring (bicyclic) bond motifs is 1. The van der Waals surface area contributed by atoms with Crippen molar-refractivity contribution in [3.8, 4) is 11.4 Å². The number of aromatic nitrogens is 2. The van der Waals surface area contributed by atoms with Gasteiger partial charge in [-0.2, -0.15) is 18.2 Å². The molecule has 0 saturated heterocycles. The van der Waals surface area contributed by atoms with E-state index in [9.17, 15) is 22.8 Å². The van der Waals surface area contributed by atoms with Crippen molar-refractivity contribution in [2.75, 3.05) is 14.1 Å². The Morgan fingerprint density at radius 2 is 1.87 bits per heavy atom. The number of benzene rings is 2. The Kier molecular flexibility index (Phi) is 5.00. The van der Waals surface area contributed by atoms with Crippen molar-refractivity contribution in [1.29, 1.82) is 0 Å². The predicted octanol–water partition coefficient (Wildman–Crippen LogP) is 3.54. The quantitative estimate of drug-likeness (QED) is 0.633. The van der Waals surface area contributed by atoms with Gasteiger partial charge in [0.15, 0.2) is 0 Å². The fourth-order valence-corrected chi connectivity index (χ4v) is 3.46. The van der Waals surface area contributed by atoms with Gasteiger partial charge in [0.2, 0.25) is 11.7 Å². The largest absolute Gasteiger partial charge is 0.471 e. The molecule has 160 valence electrons. The molecule has 0 saturated carbocycles. The van der Waals surface area contributed by atoms with Crippen LogP contribution in [-0.4, -0.2) is 45.9 Å². The second-order valence-corrected chi connectivity index (χ2v) is 7.27. The zero-order valence-electron chi connectivity index (χ0n) is 16.6. The van der Waals surface area contributed by atoms with Gasteiger partial charge in [-0.25, -0.2) is 0 Å². The van der Waals surface area contributed by atoms with Gasteiger partial charge >= 0.3 is 12.1 Å². The molecule has 0 radical (unpaired) electrons. The van der Waals surface area contributed by atoms with Crippen molar-refractivity contribution < 1.29 is 27.3 Å². The second kappa shape index (κ2) is 7.53. The summed E-state index contributed by atoms with van der Waals surface area (Å²) in [6.07, 6.45) is -4.76. The van der Waals surface area contributed by atoms with E-state index in [4.69, 9.17) is 0 Å². The fourth-order valence-electron chi connectivity index (χ4n) is 3.46. The van der Waals surface area contributed by atoms with E-state index in [1.165, 1.54) is 21.9 Å². The number of halogens is 3. The molecule has 2 amide bonds. The molecule has 0 aliphatic carbocycles. The lowest BCUT2D eigenvalue weighted by Gasteiger charge is -2.29. The van der Waals surface area contributed by atoms with E-state index in [2.05, 4.69) is 14.7 Å². The van der Waals surface area contributed by atoms with Gasteiger partial charge in [0, 0.05) is 31.8 Å². The van der Waals surface area contributed by atoms with Crippen LogP contribution in [0.2, 0.25) is 0 Å². The van der Waals surface area contributed by atoms with Gasteiger partial charge in [-0.1, -0.05) is 47.6 Å². The third-order valence-corrected chi connectivity index (χ3v) is 4.97. The lowest BCUT2D eigenvalue weighted by molar-refractivity contribution is -0.159. The summed E-state index contributed by atoms with van der Waals surface area (Å²) in [6.45, 7) is 0.188. The Hall–Kier alpha value is -3.69. The summed E-state index contributed by atoms with van der Waals surface area (Å²) < 4.78 is 42.5. The van der Waals surface area contributed by atoms with Crippen LogP contribution in [-0.2, 0) is 17.5 Å².